The Morgan fingerprint density at radius 2 is 2.04 bits per heavy atom. The summed E-state index contributed by atoms with van der Waals surface area (Å²) in [7, 11) is 1.95. The summed E-state index contributed by atoms with van der Waals surface area (Å²) in [5.41, 5.74) is 1.83. The number of likely N-dealkylation sites (N-methyl/N-ethyl adjacent to an activating group) is 1. The predicted molar refractivity (Wildman–Crippen MR) is 103 cm³/mol. The van der Waals surface area contributed by atoms with E-state index in [0.717, 1.165) is 40.6 Å². The van der Waals surface area contributed by atoms with Crippen LogP contribution in [0.2, 0.25) is 0 Å². The van der Waals surface area contributed by atoms with Crippen molar-refractivity contribution in [3.05, 3.63) is 29.3 Å². The van der Waals surface area contributed by atoms with Crippen molar-refractivity contribution in [1.29, 1.82) is 0 Å². The molecule has 7 heteroatoms. The molecule has 2 bridgehead atoms. The van der Waals surface area contributed by atoms with Crippen molar-refractivity contribution < 1.29 is 14.3 Å². The maximum Gasteiger partial charge on any atom is 0.231 e. The Hall–Kier alpha value is -2.12. The number of benzene rings is 1. The molecule has 1 aromatic carbocycles. The van der Waals surface area contributed by atoms with Gasteiger partial charge in [0, 0.05) is 36.1 Å². The van der Waals surface area contributed by atoms with E-state index in [0.29, 0.717) is 24.5 Å². The lowest BCUT2D eigenvalue weighted by Gasteiger charge is -2.35. The zero-order valence-electron chi connectivity index (χ0n) is 15.3. The molecule has 3 aliphatic rings. The van der Waals surface area contributed by atoms with Crippen LogP contribution in [0, 0.1) is 0 Å². The maximum absolute atomic E-state index is 12.8. The summed E-state index contributed by atoms with van der Waals surface area (Å²) in [6.45, 7) is 0.265. The van der Waals surface area contributed by atoms with Crippen LogP contribution in [0.1, 0.15) is 31.4 Å². The first-order valence-corrected chi connectivity index (χ1v) is 10.4. The van der Waals surface area contributed by atoms with Crippen molar-refractivity contribution in [1.82, 2.24) is 15.2 Å². The summed E-state index contributed by atoms with van der Waals surface area (Å²) in [5.74, 6) is 1.67. The average molecular weight is 385 g/mol. The number of rotatable bonds is 4. The number of nitrogens with zero attached hydrogens (tertiary/aromatic N) is 2. The van der Waals surface area contributed by atoms with Gasteiger partial charge in [-0.3, -0.25) is 4.79 Å². The lowest BCUT2D eigenvalue weighted by Crippen LogP contribution is -2.49. The van der Waals surface area contributed by atoms with Crippen molar-refractivity contribution in [2.45, 2.75) is 50.2 Å². The van der Waals surface area contributed by atoms with E-state index in [9.17, 15) is 4.79 Å². The smallest absolute Gasteiger partial charge is 0.231 e. The lowest BCUT2D eigenvalue weighted by atomic mass is 9.98. The second-order valence-corrected chi connectivity index (χ2v) is 8.51. The van der Waals surface area contributed by atoms with Gasteiger partial charge in [-0.15, -0.1) is 11.3 Å². The number of carbonyl (C=O) groups excluding carboxylic acids is 1. The second-order valence-electron chi connectivity index (χ2n) is 7.66. The molecule has 27 heavy (non-hydrogen) atoms. The quantitative estimate of drug-likeness (QED) is 0.877. The van der Waals surface area contributed by atoms with Crippen LogP contribution >= 0.6 is 11.3 Å². The topological polar surface area (TPSA) is 63.7 Å². The number of amides is 1. The third-order valence-electron chi connectivity index (χ3n) is 5.89. The van der Waals surface area contributed by atoms with Crippen LogP contribution in [0.15, 0.2) is 23.6 Å². The van der Waals surface area contributed by atoms with E-state index < -0.39 is 0 Å². The number of aromatic nitrogens is 1. The van der Waals surface area contributed by atoms with Crippen LogP contribution in [-0.2, 0) is 11.2 Å². The number of hydrogen-bond acceptors (Lipinski definition) is 6. The van der Waals surface area contributed by atoms with Crippen molar-refractivity contribution >= 4 is 17.2 Å². The Balaban J connectivity index is 1.25. The molecule has 0 spiro atoms. The molecule has 5 rings (SSSR count). The fourth-order valence-corrected chi connectivity index (χ4v) is 5.19. The molecular weight excluding hydrogens is 362 g/mol. The van der Waals surface area contributed by atoms with Crippen molar-refractivity contribution in [2.24, 2.45) is 0 Å². The van der Waals surface area contributed by atoms with Gasteiger partial charge in [0.2, 0.25) is 12.7 Å². The van der Waals surface area contributed by atoms with Crippen molar-refractivity contribution in [2.75, 3.05) is 13.8 Å². The highest BCUT2D eigenvalue weighted by Gasteiger charge is 2.36. The minimum absolute atomic E-state index is 0.156. The molecule has 2 aromatic rings. The van der Waals surface area contributed by atoms with E-state index in [4.69, 9.17) is 9.47 Å². The normalized spacial score (nSPS) is 25.6. The molecule has 142 valence electrons. The Morgan fingerprint density at radius 1 is 1.26 bits per heavy atom. The Labute approximate surface area is 162 Å². The molecule has 0 radical (unpaired) electrons. The van der Waals surface area contributed by atoms with E-state index >= 15 is 0 Å². The molecular formula is C20H23N3O3S. The predicted octanol–water partition coefficient (Wildman–Crippen LogP) is 2.82. The molecule has 2 atom stereocenters. The monoisotopic (exact) mass is 385 g/mol. The van der Waals surface area contributed by atoms with Crippen LogP contribution in [0.25, 0.3) is 10.6 Å². The molecule has 2 unspecified atom stereocenters. The van der Waals surface area contributed by atoms with Gasteiger partial charge in [-0.25, -0.2) is 4.98 Å². The van der Waals surface area contributed by atoms with Crippen LogP contribution in [-0.4, -0.2) is 47.8 Å². The number of nitrogens with one attached hydrogen (secondary N) is 1. The second kappa shape index (κ2) is 6.80. The molecule has 1 aromatic heterocycles. The summed E-state index contributed by atoms with van der Waals surface area (Å²) in [6, 6.07) is 7.35. The van der Waals surface area contributed by atoms with Gasteiger partial charge in [-0.1, -0.05) is 0 Å². The minimum Gasteiger partial charge on any atom is -0.454 e. The highest BCUT2D eigenvalue weighted by molar-refractivity contribution is 7.13. The first kappa shape index (κ1) is 17.0. The number of fused-ring (bicyclic) bond motifs is 3. The fraction of sp³-hybridized carbons (Fsp3) is 0.500. The lowest BCUT2D eigenvalue weighted by molar-refractivity contribution is -0.132. The molecule has 2 saturated heterocycles. The third-order valence-corrected chi connectivity index (χ3v) is 6.83. The molecule has 2 fully saturated rings. The first-order chi connectivity index (χ1) is 13.2. The first-order valence-electron chi connectivity index (χ1n) is 9.52. The van der Waals surface area contributed by atoms with Gasteiger partial charge in [0.05, 0.1) is 12.1 Å². The molecule has 1 amide bonds. The van der Waals surface area contributed by atoms with E-state index in [1.54, 1.807) is 11.3 Å². The van der Waals surface area contributed by atoms with Crippen LogP contribution < -0.4 is 14.8 Å². The number of ether oxygens (including phenoxy) is 2. The Bertz CT molecular complexity index is 856. The van der Waals surface area contributed by atoms with Crippen LogP contribution in [0.3, 0.4) is 0 Å². The van der Waals surface area contributed by atoms with E-state index in [2.05, 4.69) is 10.3 Å². The molecule has 1 N–H and O–H groups in total. The summed E-state index contributed by atoms with van der Waals surface area (Å²) in [5, 5.41) is 6.52. The largest absolute Gasteiger partial charge is 0.454 e. The molecule has 3 aliphatic heterocycles. The molecule has 0 saturated carbocycles. The number of hydrogen-bond donors (Lipinski definition) is 1. The number of carbonyl (C=O) groups is 1. The number of thiazole rings is 1. The van der Waals surface area contributed by atoms with Crippen LogP contribution in [0.5, 0.6) is 11.5 Å². The Kier molecular flexibility index (Phi) is 4.28. The van der Waals surface area contributed by atoms with E-state index in [-0.39, 0.29) is 12.7 Å². The summed E-state index contributed by atoms with van der Waals surface area (Å²) < 4.78 is 10.8. The minimum atomic E-state index is 0.156. The molecule has 0 aliphatic carbocycles. The van der Waals surface area contributed by atoms with Crippen molar-refractivity contribution in [3.63, 3.8) is 0 Å². The van der Waals surface area contributed by atoms with Gasteiger partial charge in [0.15, 0.2) is 11.5 Å². The highest BCUT2D eigenvalue weighted by atomic mass is 32.1. The van der Waals surface area contributed by atoms with Gasteiger partial charge < -0.3 is 19.7 Å². The number of piperidine rings is 1. The van der Waals surface area contributed by atoms with Gasteiger partial charge in [0.1, 0.15) is 5.01 Å². The van der Waals surface area contributed by atoms with Crippen molar-refractivity contribution in [3.8, 4) is 22.1 Å². The van der Waals surface area contributed by atoms with Gasteiger partial charge >= 0.3 is 0 Å². The molecule has 6 nitrogen and oxygen atoms in total. The third kappa shape index (κ3) is 3.30. The van der Waals surface area contributed by atoms with E-state index in [1.165, 1.54) is 12.8 Å². The standard InChI is InChI=1S/C20H23N3O3S/c1-23(16-7-13-3-4-14(8-16)21-13)19(24)9-15-10-27-20(22-15)12-2-5-17-18(6-12)26-11-25-17/h2,5-6,10,13-14,16,21H,3-4,7-9,11H2,1H3. The molecule has 4 heterocycles. The average Bonchev–Trinajstić information content (AvgIpc) is 3.40. The van der Waals surface area contributed by atoms with Crippen LogP contribution in [0.4, 0.5) is 0 Å². The summed E-state index contributed by atoms with van der Waals surface area (Å²) in [6.07, 6.45) is 4.98. The zero-order valence-corrected chi connectivity index (χ0v) is 16.1. The van der Waals surface area contributed by atoms with Gasteiger partial charge in [-0.2, -0.15) is 0 Å². The SMILES string of the molecule is CN(C(=O)Cc1csc(-c2ccc3c(c2)OCO3)n1)C1CC2CCC(C1)N2. The summed E-state index contributed by atoms with van der Waals surface area (Å²) in [4.78, 5) is 19.4. The maximum atomic E-state index is 12.8. The fourth-order valence-electron chi connectivity index (χ4n) is 4.38. The Morgan fingerprint density at radius 3 is 2.85 bits per heavy atom. The van der Waals surface area contributed by atoms with Gasteiger partial charge in [0.25, 0.3) is 0 Å². The van der Waals surface area contributed by atoms with Gasteiger partial charge in [-0.05, 0) is 43.9 Å². The summed E-state index contributed by atoms with van der Waals surface area (Å²) >= 11 is 1.56. The highest BCUT2D eigenvalue weighted by Crippen LogP contribution is 2.37. The van der Waals surface area contributed by atoms with E-state index in [1.807, 2.05) is 35.5 Å². The zero-order chi connectivity index (χ0) is 18.4.